The molecule has 29 heavy (non-hydrogen) atoms. The fourth-order valence-electron chi connectivity index (χ4n) is 2.76. The number of amides is 1. The molecule has 7 heteroatoms. The van der Waals surface area contributed by atoms with Gasteiger partial charge in [-0.25, -0.2) is 4.98 Å². The van der Waals surface area contributed by atoms with Crippen LogP contribution in [0, 0.1) is 5.92 Å². The zero-order chi connectivity index (χ0) is 21.0. The summed E-state index contributed by atoms with van der Waals surface area (Å²) in [4.78, 5) is 30.2. The van der Waals surface area contributed by atoms with Crippen molar-refractivity contribution in [3.63, 3.8) is 0 Å². The predicted molar refractivity (Wildman–Crippen MR) is 117 cm³/mol. The van der Waals surface area contributed by atoms with Gasteiger partial charge in [-0.2, -0.15) is 0 Å². The van der Waals surface area contributed by atoms with E-state index in [0.29, 0.717) is 33.4 Å². The molecule has 1 N–H and O–H groups in total. The van der Waals surface area contributed by atoms with Gasteiger partial charge in [0.2, 0.25) is 5.91 Å². The Bertz CT molecular complexity index is 1060. The SMILES string of the molecule is COc1ccc(-n2c(SCC(=O)N[C@H](C)C(C)C)nc3ccccc3c2=O)cc1. The first-order valence-corrected chi connectivity index (χ1v) is 10.5. The lowest BCUT2D eigenvalue weighted by atomic mass is 10.1. The molecule has 152 valence electrons. The van der Waals surface area contributed by atoms with Gasteiger partial charge in [-0.05, 0) is 49.2 Å². The van der Waals surface area contributed by atoms with Crippen LogP contribution in [-0.2, 0) is 4.79 Å². The maximum atomic E-state index is 13.2. The number of benzene rings is 2. The number of fused-ring (bicyclic) bond motifs is 1. The van der Waals surface area contributed by atoms with Crippen LogP contribution in [0.1, 0.15) is 20.8 Å². The Balaban J connectivity index is 1.98. The highest BCUT2D eigenvalue weighted by Gasteiger charge is 2.16. The molecule has 0 radical (unpaired) electrons. The summed E-state index contributed by atoms with van der Waals surface area (Å²) < 4.78 is 6.76. The van der Waals surface area contributed by atoms with Gasteiger partial charge in [0.15, 0.2) is 5.16 Å². The maximum Gasteiger partial charge on any atom is 0.266 e. The number of thioether (sulfide) groups is 1. The number of rotatable bonds is 7. The van der Waals surface area contributed by atoms with E-state index in [9.17, 15) is 9.59 Å². The zero-order valence-corrected chi connectivity index (χ0v) is 17.8. The van der Waals surface area contributed by atoms with Crippen LogP contribution in [0.2, 0.25) is 0 Å². The Morgan fingerprint density at radius 1 is 1.14 bits per heavy atom. The lowest BCUT2D eigenvalue weighted by Crippen LogP contribution is -2.37. The third-order valence-electron chi connectivity index (χ3n) is 4.80. The van der Waals surface area contributed by atoms with Crippen molar-refractivity contribution in [2.75, 3.05) is 12.9 Å². The first kappa shape index (κ1) is 20.9. The Morgan fingerprint density at radius 2 is 1.83 bits per heavy atom. The van der Waals surface area contributed by atoms with Crippen LogP contribution in [-0.4, -0.2) is 34.4 Å². The van der Waals surface area contributed by atoms with E-state index in [1.165, 1.54) is 11.8 Å². The first-order chi connectivity index (χ1) is 13.9. The smallest absolute Gasteiger partial charge is 0.266 e. The first-order valence-electron chi connectivity index (χ1n) is 9.49. The molecule has 0 unspecified atom stereocenters. The van der Waals surface area contributed by atoms with Crippen molar-refractivity contribution in [2.24, 2.45) is 5.92 Å². The van der Waals surface area contributed by atoms with E-state index in [-0.39, 0.29) is 23.3 Å². The molecule has 1 aromatic heterocycles. The predicted octanol–water partition coefficient (Wildman–Crippen LogP) is 3.65. The second kappa shape index (κ2) is 9.13. The minimum atomic E-state index is -0.167. The van der Waals surface area contributed by atoms with Crippen molar-refractivity contribution in [1.82, 2.24) is 14.9 Å². The van der Waals surface area contributed by atoms with Crippen LogP contribution in [0.25, 0.3) is 16.6 Å². The normalized spacial score (nSPS) is 12.2. The van der Waals surface area contributed by atoms with Crippen LogP contribution in [0.5, 0.6) is 5.75 Å². The molecule has 0 aliphatic heterocycles. The highest BCUT2D eigenvalue weighted by Crippen LogP contribution is 2.22. The van der Waals surface area contributed by atoms with Gasteiger partial charge in [-0.1, -0.05) is 37.7 Å². The Kier molecular flexibility index (Phi) is 6.59. The lowest BCUT2D eigenvalue weighted by Gasteiger charge is -2.18. The van der Waals surface area contributed by atoms with Crippen molar-refractivity contribution >= 4 is 28.6 Å². The van der Waals surface area contributed by atoms with Gasteiger partial charge in [0.05, 0.1) is 29.5 Å². The molecule has 0 saturated heterocycles. The van der Waals surface area contributed by atoms with Gasteiger partial charge in [0.1, 0.15) is 5.75 Å². The average molecular weight is 412 g/mol. The molecular formula is C22H25N3O3S. The highest BCUT2D eigenvalue weighted by atomic mass is 32.2. The second-order valence-electron chi connectivity index (χ2n) is 7.14. The third-order valence-corrected chi connectivity index (χ3v) is 5.74. The van der Waals surface area contributed by atoms with E-state index in [1.54, 1.807) is 35.9 Å². The zero-order valence-electron chi connectivity index (χ0n) is 17.0. The van der Waals surface area contributed by atoms with E-state index in [4.69, 9.17) is 4.74 Å². The summed E-state index contributed by atoms with van der Waals surface area (Å²) in [5.74, 6) is 1.14. The molecule has 1 heterocycles. The fraction of sp³-hybridized carbons (Fsp3) is 0.318. The Hall–Kier alpha value is -2.80. The Labute approximate surface area is 174 Å². The van der Waals surface area contributed by atoms with E-state index in [1.807, 2.05) is 31.2 Å². The van der Waals surface area contributed by atoms with Crippen molar-refractivity contribution in [3.05, 3.63) is 58.9 Å². The van der Waals surface area contributed by atoms with Crippen LogP contribution in [0.15, 0.2) is 58.5 Å². The molecule has 3 rings (SSSR count). The monoisotopic (exact) mass is 411 g/mol. The number of aromatic nitrogens is 2. The topological polar surface area (TPSA) is 73.2 Å². The molecule has 0 fully saturated rings. The fourth-order valence-corrected chi connectivity index (χ4v) is 3.58. The van der Waals surface area contributed by atoms with Crippen molar-refractivity contribution in [3.8, 4) is 11.4 Å². The molecular weight excluding hydrogens is 386 g/mol. The number of hydrogen-bond acceptors (Lipinski definition) is 5. The van der Waals surface area contributed by atoms with Gasteiger partial charge in [0, 0.05) is 6.04 Å². The van der Waals surface area contributed by atoms with Crippen molar-refractivity contribution in [2.45, 2.75) is 32.0 Å². The van der Waals surface area contributed by atoms with Gasteiger partial charge in [-0.15, -0.1) is 0 Å². The average Bonchev–Trinajstić information content (AvgIpc) is 2.72. The molecule has 0 saturated carbocycles. The number of ether oxygens (including phenoxy) is 1. The molecule has 0 aliphatic rings. The standard InChI is InChI=1S/C22H25N3O3S/c1-14(2)15(3)23-20(26)13-29-22-24-19-8-6-5-7-18(19)21(27)25(22)16-9-11-17(28-4)12-10-16/h5-12,14-15H,13H2,1-4H3,(H,23,26)/t15-/m1/s1. The molecule has 6 nitrogen and oxygen atoms in total. The van der Waals surface area contributed by atoms with Gasteiger partial charge >= 0.3 is 0 Å². The molecule has 1 atom stereocenters. The quantitative estimate of drug-likeness (QED) is 0.475. The van der Waals surface area contributed by atoms with E-state index in [0.717, 1.165) is 0 Å². The maximum absolute atomic E-state index is 13.2. The lowest BCUT2D eigenvalue weighted by molar-refractivity contribution is -0.119. The number of nitrogens with zero attached hydrogens (tertiary/aromatic N) is 2. The highest BCUT2D eigenvalue weighted by molar-refractivity contribution is 7.99. The van der Waals surface area contributed by atoms with Crippen LogP contribution < -0.4 is 15.6 Å². The molecule has 0 bridgehead atoms. The largest absolute Gasteiger partial charge is 0.497 e. The molecule has 1 amide bonds. The molecule has 0 aliphatic carbocycles. The van der Waals surface area contributed by atoms with Crippen LogP contribution >= 0.6 is 11.8 Å². The second-order valence-corrected chi connectivity index (χ2v) is 8.08. The summed E-state index contributed by atoms with van der Waals surface area (Å²) in [5, 5.41) is 4.00. The third kappa shape index (κ3) is 4.79. The van der Waals surface area contributed by atoms with E-state index in [2.05, 4.69) is 24.1 Å². The summed E-state index contributed by atoms with van der Waals surface area (Å²) in [5.41, 5.74) is 1.12. The van der Waals surface area contributed by atoms with Crippen LogP contribution in [0.4, 0.5) is 0 Å². The van der Waals surface area contributed by atoms with Gasteiger partial charge in [-0.3, -0.25) is 14.2 Å². The summed E-state index contributed by atoms with van der Waals surface area (Å²) in [6.45, 7) is 6.10. The summed E-state index contributed by atoms with van der Waals surface area (Å²) >= 11 is 1.25. The number of methoxy groups -OCH3 is 1. The molecule has 0 spiro atoms. The minimum absolute atomic E-state index is 0.0800. The van der Waals surface area contributed by atoms with Crippen LogP contribution in [0.3, 0.4) is 0 Å². The molecule has 3 aromatic rings. The van der Waals surface area contributed by atoms with E-state index < -0.39 is 0 Å². The number of carbonyl (C=O) groups is 1. The molecule has 2 aromatic carbocycles. The Morgan fingerprint density at radius 3 is 2.48 bits per heavy atom. The summed E-state index contributed by atoms with van der Waals surface area (Å²) in [6.07, 6.45) is 0. The number of hydrogen-bond donors (Lipinski definition) is 1. The number of carbonyl (C=O) groups excluding carboxylic acids is 1. The van der Waals surface area contributed by atoms with Gasteiger partial charge in [0.25, 0.3) is 5.56 Å². The number of nitrogens with one attached hydrogen (secondary N) is 1. The summed E-state index contributed by atoms with van der Waals surface area (Å²) in [7, 11) is 1.59. The van der Waals surface area contributed by atoms with Crippen molar-refractivity contribution < 1.29 is 9.53 Å². The summed E-state index contributed by atoms with van der Waals surface area (Å²) in [6, 6.07) is 14.5. The minimum Gasteiger partial charge on any atom is -0.497 e. The van der Waals surface area contributed by atoms with Crippen molar-refractivity contribution in [1.29, 1.82) is 0 Å². The van der Waals surface area contributed by atoms with Gasteiger partial charge < -0.3 is 10.1 Å². The number of para-hydroxylation sites is 1. The van der Waals surface area contributed by atoms with E-state index >= 15 is 0 Å².